The van der Waals surface area contributed by atoms with E-state index in [1.807, 2.05) is 0 Å². The molecule has 8 nitrogen and oxygen atoms in total. The SMILES string of the molecule is COC(=O)C1=C(C(=O)c2ccccc2)C(c2cccc(F)c2)Nc2nnnn21. The second-order valence-electron chi connectivity index (χ2n) is 6.00. The molecule has 0 radical (unpaired) electrons. The molecule has 9 heteroatoms. The maximum atomic E-state index is 13.9. The van der Waals surface area contributed by atoms with Gasteiger partial charge in [-0.15, -0.1) is 0 Å². The number of anilines is 1. The van der Waals surface area contributed by atoms with E-state index in [-0.39, 0.29) is 17.2 Å². The quantitative estimate of drug-likeness (QED) is 0.548. The predicted octanol–water partition coefficient (Wildman–Crippen LogP) is 2.25. The molecule has 0 aliphatic carbocycles. The zero-order chi connectivity index (χ0) is 19.7. The summed E-state index contributed by atoms with van der Waals surface area (Å²) < 4.78 is 19.8. The molecular formula is C19H14FN5O3. The summed E-state index contributed by atoms with van der Waals surface area (Å²) in [4.78, 5) is 25.9. The van der Waals surface area contributed by atoms with Gasteiger partial charge in [0.1, 0.15) is 5.82 Å². The summed E-state index contributed by atoms with van der Waals surface area (Å²) in [6.07, 6.45) is 0. The van der Waals surface area contributed by atoms with Gasteiger partial charge in [0.05, 0.1) is 18.7 Å². The number of ketones is 1. The van der Waals surface area contributed by atoms with E-state index in [0.29, 0.717) is 11.1 Å². The van der Waals surface area contributed by atoms with Crippen LogP contribution in [-0.2, 0) is 9.53 Å². The van der Waals surface area contributed by atoms with Gasteiger partial charge in [0, 0.05) is 5.56 Å². The van der Waals surface area contributed by atoms with Gasteiger partial charge in [-0.3, -0.25) is 4.79 Å². The number of benzene rings is 2. The van der Waals surface area contributed by atoms with Crippen LogP contribution in [0.1, 0.15) is 22.0 Å². The van der Waals surface area contributed by atoms with Gasteiger partial charge in [0.15, 0.2) is 11.5 Å². The number of methoxy groups -OCH3 is 1. The largest absolute Gasteiger partial charge is 0.464 e. The highest BCUT2D eigenvalue weighted by molar-refractivity contribution is 6.24. The van der Waals surface area contributed by atoms with Gasteiger partial charge in [-0.05, 0) is 28.1 Å². The summed E-state index contributed by atoms with van der Waals surface area (Å²) in [7, 11) is 1.20. The second kappa shape index (κ2) is 7.03. The molecule has 0 fully saturated rings. The molecule has 140 valence electrons. The molecule has 1 aliphatic rings. The van der Waals surface area contributed by atoms with Crippen molar-refractivity contribution in [3.8, 4) is 0 Å². The molecule has 1 aromatic heterocycles. The molecule has 2 aromatic carbocycles. The van der Waals surface area contributed by atoms with Gasteiger partial charge in [-0.25, -0.2) is 9.18 Å². The lowest BCUT2D eigenvalue weighted by Crippen LogP contribution is -2.31. The second-order valence-corrected chi connectivity index (χ2v) is 6.00. The highest BCUT2D eigenvalue weighted by atomic mass is 19.1. The highest BCUT2D eigenvalue weighted by Crippen LogP contribution is 2.37. The van der Waals surface area contributed by atoms with Crippen molar-refractivity contribution in [2.75, 3.05) is 12.4 Å². The zero-order valence-corrected chi connectivity index (χ0v) is 14.7. The average molecular weight is 379 g/mol. The minimum atomic E-state index is -0.851. The minimum Gasteiger partial charge on any atom is -0.464 e. The third-order valence-electron chi connectivity index (χ3n) is 4.34. The van der Waals surface area contributed by atoms with Crippen LogP contribution in [-0.4, -0.2) is 39.1 Å². The molecule has 1 atom stereocenters. The molecule has 0 spiro atoms. The van der Waals surface area contributed by atoms with Crippen LogP contribution in [0.15, 0.2) is 60.2 Å². The van der Waals surface area contributed by atoms with Crippen molar-refractivity contribution in [2.45, 2.75) is 6.04 Å². The van der Waals surface area contributed by atoms with Crippen molar-refractivity contribution in [3.63, 3.8) is 0 Å². The Hall–Kier alpha value is -3.88. The van der Waals surface area contributed by atoms with E-state index in [1.54, 1.807) is 36.4 Å². The van der Waals surface area contributed by atoms with Crippen LogP contribution in [0.25, 0.3) is 5.70 Å². The fourth-order valence-electron chi connectivity index (χ4n) is 3.09. The number of hydrogen-bond acceptors (Lipinski definition) is 7. The first-order valence-electron chi connectivity index (χ1n) is 8.33. The Bertz CT molecular complexity index is 1090. The summed E-state index contributed by atoms with van der Waals surface area (Å²) in [6.45, 7) is 0. The van der Waals surface area contributed by atoms with Crippen molar-refractivity contribution in [1.82, 2.24) is 20.2 Å². The van der Waals surface area contributed by atoms with Crippen LogP contribution in [0.3, 0.4) is 0 Å². The number of carbonyl (C=O) groups excluding carboxylic acids is 2. The molecule has 0 saturated heterocycles. The lowest BCUT2D eigenvalue weighted by atomic mass is 9.89. The Morgan fingerprint density at radius 1 is 1.14 bits per heavy atom. The third-order valence-corrected chi connectivity index (χ3v) is 4.34. The number of halogens is 1. The molecular weight excluding hydrogens is 365 g/mol. The van der Waals surface area contributed by atoms with Gasteiger partial charge in [0.2, 0.25) is 5.95 Å². The molecule has 0 amide bonds. The number of esters is 1. The van der Waals surface area contributed by atoms with E-state index < -0.39 is 23.6 Å². The number of nitrogens with zero attached hydrogens (tertiary/aromatic N) is 4. The predicted molar refractivity (Wildman–Crippen MR) is 96.6 cm³/mol. The molecule has 3 aromatic rings. The normalized spacial score (nSPS) is 15.6. The van der Waals surface area contributed by atoms with Crippen molar-refractivity contribution >= 4 is 23.4 Å². The number of fused-ring (bicyclic) bond motifs is 1. The number of Topliss-reactive ketones (excluding diaryl/α,β-unsaturated/α-hetero) is 1. The maximum Gasteiger partial charge on any atom is 0.357 e. The zero-order valence-electron chi connectivity index (χ0n) is 14.7. The first kappa shape index (κ1) is 17.5. The van der Waals surface area contributed by atoms with Gasteiger partial charge < -0.3 is 10.1 Å². The monoisotopic (exact) mass is 379 g/mol. The number of tetrazole rings is 1. The van der Waals surface area contributed by atoms with Gasteiger partial charge >= 0.3 is 5.97 Å². The third kappa shape index (κ3) is 2.92. The molecule has 2 heterocycles. The number of carbonyl (C=O) groups is 2. The Morgan fingerprint density at radius 3 is 2.64 bits per heavy atom. The first-order valence-corrected chi connectivity index (χ1v) is 8.33. The molecule has 0 saturated carbocycles. The Labute approximate surface area is 158 Å². The van der Waals surface area contributed by atoms with Gasteiger partial charge in [-0.2, -0.15) is 4.68 Å². The van der Waals surface area contributed by atoms with E-state index in [9.17, 15) is 14.0 Å². The van der Waals surface area contributed by atoms with E-state index in [4.69, 9.17) is 4.74 Å². The number of ether oxygens (including phenoxy) is 1. The summed E-state index contributed by atoms with van der Waals surface area (Å²) in [5.41, 5.74) is 0.737. The summed E-state index contributed by atoms with van der Waals surface area (Å²) in [5, 5.41) is 14.2. The molecule has 1 unspecified atom stereocenters. The standard InChI is InChI=1S/C19H14FN5O3/c1-28-18(27)16-14(17(26)11-6-3-2-4-7-11)15(12-8-5-9-13(20)10-12)21-19-22-23-24-25(16)19/h2-10,15H,1H3,(H,21,22,24). The van der Waals surface area contributed by atoms with Crippen LogP contribution in [0.5, 0.6) is 0 Å². The summed E-state index contributed by atoms with van der Waals surface area (Å²) in [5.74, 6) is -1.55. The van der Waals surface area contributed by atoms with Crippen molar-refractivity contribution in [3.05, 3.63) is 77.1 Å². The molecule has 1 aliphatic heterocycles. The number of hydrogen-bond donors (Lipinski definition) is 1. The number of aromatic nitrogens is 4. The number of nitrogens with one attached hydrogen (secondary N) is 1. The van der Waals surface area contributed by atoms with Crippen LogP contribution in [0, 0.1) is 5.82 Å². The van der Waals surface area contributed by atoms with E-state index in [0.717, 1.165) is 4.68 Å². The van der Waals surface area contributed by atoms with Crippen LogP contribution >= 0.6 is 0 Å². The molecule has 28 heavy (non-hydrogen) atoms. The maximum absolute atomic E-state index is 13.9. The highest BCUT2D eigenvalue weighted by Gasteiger charge is 2.38. The van der Waals surface area contributed by atoms with Crippen LogP contribution < -0.4 is 5.32 Å². The van der Waals surface area contributed by atoms with Crippen LogP contribution in [0.4, 0.5) is 10.3 Å². The molecule has 1 N–H and O–H groups in total. The van der Waals surface area contributed by atoms with Gasteiger partial charge in [0.25, 0.3) is 0 Å². The summed E-state index contributed by atoms with van der Waals surface area (Å²) >= 11 is 0. The van der Waals surface area contributed by atoms with Crippen molar-refractivity contribution < 1.29 is 18.7 Å². The Kier molecular flexibility index (Phi) is 4.40. The average Bonchev–Trinajstić information content (AvgIpc) is 3.20. The number of rotatable bonds is 4. The summed E-state index contributed by atoms with van der Waals surface area (Å²) in [6, 6.07) is 13.3. The molecule has 4 rings (SSSR count). The first-order chi connectivity index (χ1) is 13.6. The minimum absolute atomic E-state index is 0.0588. The topological polar surface area (TPSA) is 99.0 Å². The lowest BCUT2D eigenvalue weighted by molar-refractivity contribution is -0.134. The van der Waals surface area contributed by atoms with E-state index >= 15 is 0 Å². The van der Waals surface area contributed by atoms with Crippen molar-refractivity contribution in [2.24, 2.45) is 0 Å². The fraction of sp³-hybridized carbons (Fsp3) is 0.105. The smallest absolute Gasteiger partial charge is 0.357 e. The van der Waals surface area contributed by atoms with Crippen molar-refractivity contribution in [1.29, 1.82) is 0 Å². The van der Waals surface area contributed by atoms with E-state index in [2.05, 4.69) is 20.8 Å². The lowest BCUT2D eigenvalue weighted by Gasteiger charge is -2.28. The Morgan fingerprint density at radius 2 is 1.93 bits per heavy atom. The Balaban J connectivity index is 1.98. The van der Waals surface area contributed by atoms with Gasteiger partial charge in [-0.1, -0.05) is 47.6 Å². The molecule has 0 bridgehead atoms. The van der Waals surface area contributed by atoms with Crippen LogP contribution in [0.2, 0.25) is 0 Å². The fourth-order valence-corrected chi connectivity index (χ4v) is 3.09. The van der Waals surface area contributed by atoms with E-state index in [1.165, 1.54) is 25.3 Å².